The summed E-state index contributed by atoms with van der Waals surface area (Å²) < 4.78 is 115. The highest BCUT2D eigenvalue weighted by molar-refractivity contribution is 9.10. The van der Waals surface area contributed by atoms with Crippen LogP contribution in [-0.4, -0.2) is 23.6 Å². The summed E-state index contributed by atoms with van der Waals surface area (Å²) in [4.78, 5) is 0. The van der Waals surface area contributed by atoms with E-state index < -0.39 is 40.1 Å². The first-order valence-electron chi connectivity index (χ1n) is 5.30. The summed E-state index contributed by atoms with van der Waals surface area (Å²) >= 11 is 2.53. The lowest BCUT2D eigenvalue weighted by Gasteiger charge is -2.41. The zero-order valence-electron chi connectivity index (χ0n) is 10.1. The van der Waals surface area contributed by atoms with Gasteiger partial charge >= 0.3 is 18.5 Å². The van der Waals surface area contributed by atoms with Gasteiger partial charge < -0.3 is 5.11 Å². The van der Waals surface area contributed by atoms with E-state index in [1.165, 1.54) is 0 Å². The Kier molecular flexibility index (Phi) is 4.85. The lowest BCUT2D eigenvalue weighted by molar-refractivity contribution is -0.449. The van der Waals surface area contributed by atoms with Crippen LogP contribution in [0.1, 0.15) is 11.7 Å². The maximum absolute atomic E-state index is 12.8. The Morgan fingerprint density at radius 1 is 0.773 bits per heavy atom. The van der Waals surface area contributed by atoms with E-state index in [1.54, 1.807) is 0 Å². The molecule has 0 heterocycles. The fourth-order valence-electron chi connectivity index (χ4n) is 1.88. The highest BCUT2D eigenvalue weighted by atomic mass is 79.9. The van der Waals surface area contributed by atoms with Gasteiger partial charge in [-0.2, -0.15) is 39.5 Å². The number of aliphatic hydroxyl groups is 1. The highest BCUT2D eigenvalue weighted by Crippen LogP contribution is 2.65. The Bertz CT molecular complexity index is 496. The third-order valence-corrected chi connectivity index (χ3v) is 3.67. The smallest absolute Gasteiger partial charge is 0.387 e. The van der Waals surface area contributed by atoms with Crippen LogP contribution >= 0.6 is 15.9 Å². The minimum absolute atomic E-state index is 0.523. The van der Waals surface area contributed by atoms with Gasteiger partial charge in [0.25, 0.3) is 5.41 Å². The van der Waals surface area contributed by atoms with Crippen molar-refractivity contribution in [2.45, 2.75) is 24.6 Å². The van der Waals surface area contributed by atoms with E-state index in [0.29, 0.717) is 6.07 Å². The van der Waals surface area contributed by atoms with Crippen LogP contribution < -0.4 is 0 Å². The monoisotopic (exact) mass is 404 g/mol. The molecule has 126 valence electrons. The largest absolute Gasteiger partial charge is 0.415 e. The molecule has 0 saturated heterocycles. The lowest BCUT2D eigenvalue weighted by Crippen LogP contribution is -2.62. The van der Waals surface area contributed by atoms with Gasteiger partial charge in [0, 0.05) is 4.47 Å². The molecule has 0 saturated carbocycles. The van der Waals surface area contributed by atoms with Crippen LogP contribution in [0.25, 0.3) is 0 Å². The molecule has 22 heavy (non-hydrogen) atoms. The van der Waals surface area contributed by atoms with Crippen molar-refractivity contribution in [1.29, 1.82) is 0 Å². The molecule has 0 aromatic heterocycles. The van der Waals surface area contributed by atoms with Gasteiger partial charge in [-0.3, -0.25) is 0 Å². The average Bonchev–Trinajstić information content (AvgIpc) is 2.23. The normalized spacial score (nSPS) is 15.8. The number of rotatable bonds is 2. The molecule has 0 fully saturated rings. The van der Waals surface area contributed by atoms with Crippen molar-refractivity contribution in [2.75, 3.05) is 0 Å². The van der Waals surface area contributed by atoms with E-state index in [9.17, 15) is 44.6 Å². The molecule has 0 amide bonds. The van der Waals surface area contributed by atoms with Crippen molar-refractivity contribution >= 4 is 15.9 Å². The topological polar surface area (TPSA) is 20.2 Å². The van der Waals surface area contributed by atoms with Gasteiger partial charge in [0.05, 0.1) is 0 Å². The van der Waals surface area contributed by atoms with Gasteiger partial charge in [-0.1, -0.05) is 34.1 Å². The van der Waals surface area contributed by atoms with Gasteiger partial charge in [-0.05, 0) is 11.6 Å². The number of hydrogen-bond donors (Lipinski definition) is 1. The summed E-state index contributed by atoms with van der Waals surface area (Å²) in [5.74, 6) is 0. The Labute approximate surface area is 125 Å². The van der Waals surface area contributed by atoms with Crippen LogP contribution in [0, 0.1) is 5.41 Å². The average molecular weight is 405 g/mol. The molecule has 0 aliphatic rings. The van der Waals surface area contributed by atoms with Crippen LogP contribution in [0.4, 0.5) is 39.5 Å². The van der Waals surface area contributed by atoms with Crippen molar-refractivity contribution in [3.05, 3.63) is 34.3 Å². The molecule has 1 aromatic rings. The van der Waals surface area contributed by atoms with Crippen LogP contribution in [0.2, 0.25) is 0 Å². The van der Waals surface area contributed by atoms with E-state index in [0.717, 1.165) is 18.2 Å². The minimum atomic E-state index is -6.82. The molecule has 0 radical (unpaired) electrons. The van der Waals surface area contributed by atoms with E-state index >= 15 is 0 Å². The Balaban J connectivity index is 3.75. The summed E-state index contributed by atoms with van der Waals surface area (Å²) in [6, 6.07) is 3.49. The molecule has 1 nitrogen and oxygen atoms in total. The lowest BCUT2D eigenvalue weighted by atomic mass is 9.76. The zero-order valence-corrected chi connectivity index (χ0v) is 11.7. The summed E-state index contributed by atoms with van der Waals surface area (Å²) in [6.45, 7) is 0. The summed E-state index contributed by atoms with van der Waals surface area (Å²) in [5.41, 5.74) is -7.49. The standard InChI is InChI=1S/C11H6BrF9O/c12-6-4-2-1-3-5(6)7(22)8(9(13,14)15,10(16,17)18)11(19,20)21/h1-4,7,22H. The summed E-state index contributed by atoms with van der Waals surface area (Å²) in [7, 11) is 0. The predicted octanol–water partition coefficient (Wildman–Crippen LogP) is 5.16. The van der Waals surface area contributed by atoms with Crippen LogP contribution in [0.15, 0.2) is 28.7 Å². The number of benzene rings is 1. The molecule has 1 rings (SSSR count). The molecular formula is C11H6BrF9O. The molecule has 0 spiro atoms. The van der Waals surface area contributed by atoms with Gasteiger partial charge in [0.15, 0.2) is 0 Å². The van der Waals surface area contributed by atoms with Gasteiger partial charge in [0.2, 0.25) is 0 Å². The number of aliphatic hydroxyl groups excluding tert-OH is 1. The fraction of sp³-hybridized carbons (Fsp3) is 0.455. The molecule has 0 bridgehead atoms. The third kappa shape index (κ3) is 2.80. The van der Waals surface area contributed by atoms with E-state index in [1.807, 2.05) is 0 Å². The van der Waals surface area contributed by atoms with Crippen molar-refractivity contribution in [1.82, 2.24) is 0 Å². The molecule has 0 aliphatic heterocycles. The first-order chi connectivity index (χ1) is 9.68. The fourth-order valence-corrected chi connectivity index (χ4v) is 2.38. The molecule has 1 atom stereocenters. The van der Waals surface area contributed by atoms with Gasteiger partial charge in [-0.25, -0.2) is 0 Å². The molecule has 1 N–H and O–H groups in total. The quantitative estimate of drug-likeness (QED) is 0.675. The number of alkyl halides is 9. The SMILES string of the molecule is OC(c1ccccc1Br)C(C(F)(F)F)(C(F)(F)F)C(F)(F)F. The van der Waals surface area contributed by atoms with Gasteiger partial charge in [-0.15, -0.1) is 0 Å². The second kappa shape index (κ2) is 5.59. The van der Waals surface area contributed by atoms with Crippen molar-refractivity contribution in [2.24, 2.45) is 5.41 Å². The van der Waals surface area contributed by atoms with Crippen LogP contribution in [-0.2, 0) is 0 Å². The van der Waals surface area contributed by atoms with E-state index in [2.05, 4.69) is 15.9 Å². The summed E-state index contributed by atoms with van der Waals surface area (Å²) in [5, 5.41) is 9.43. The maximum Gasteiger partial charge on any atom is 0.415 e. The predicted molar refractivity (Wildman–Crippen MR) is 59.7 cm³/mol. The maximum atomic E-state index is 12.8. The number of halogens is 10. The Morgan fingerprint density at radius 2 is 1.14 bits per heavy atom. The molecular weight excluding hydrogens is 399 g/mol. The third-order valence-electron chi connectivity index (χ3n) is 2.95. The Morgan fingerprint density at radius 3 is 1.45 bits per heavy atom. The highest BCUT2D eigenvalue weighted by Gasteiger charge is 2.86. The van der Waals surface area contributed by atoms with Crippen LogP contribution in [0.3, 0.4) is 0 Å². The molecule has 1 aromatic carbocycles. The Hall–Kier alpha value is -0.970. The number of hydrogen-bond acceptors (Lipinski definition) is 1. The zero-order chi connectivity index (χ0) is 17.6. The van der Waals surface area contributed by atoms with E-state index in [-0.39, 0.29) is 0 Å². The molecule has 0 aliphatic carbocycles. The first-order valence-corrected chi connectivity index (χ1v) is 6.10. The van der Waals surface area contributed by atoms with Crippen LogP contribution in [0.5, 0.6) is 0 Å². The minimum Gasteiger partial charge on any atom is -0.387 e. The molecule has 11 heteroatoms. The van der Waals surface area contributed by atoms with Crippen molar-refractivity contribution in [3.63, 3.8) is 0 Å². The second-order valence-electron chi connectivity index (χ2n) is 4.23. The first kappa shape index (κ1) is 19.1. The summed E-state index contributed by atoms with van der Waals surface area (Å²) in [6.07, 6.45) is -24.4. The van der Waals surface area contributed by atoms with E-state index in [4.69, 9.17) is 0 Å². The van der Waals surface area contributed by atoms with Gasteiger partial charge in [0.1, 0.15) is 6.10 Å². The molecule has 1 unspecified atom stereocenters. The van der Waals surface area contributed by atoms with Crippen molar-refractivity contribution < 1.29 is 44.6 Å². The second-order valence-corrected chi connectivity index (χ2v) is 5.08. The van der Waals surface area contributed by atoms with Crippen molar-refractivity contribution in [3.8, 4) is 0 Å².